The van der Waals surface area contributed by atoms with Gasteiger partial charge >= 0.3 is 0 Å². The van der Waals surface area contributed by atoms with Crippen LogP contribution in [0.5, 0.6) is 0 Å². The molecule has 0 aromatic heterocycles. The Labute approximate surface area is 186 Å². The van der Waals surface area contributed by atoms with Gasteiger partial charge in [-0.25, -0.2) is 0 Å². The molecule has 0 amide bonds. The van der Waals surface area contributed by atoms with Crippen LogP contribution in [-0.4, -0.2) is 11.3 Å². The van der Waals surface area contributed by atoms with E-state index < -0.39 is 13.3 Å². The summed E-state index contributed by atoms with van der Waals surface area (Å²) in [7, 11) is -2.60. The highest BCUT2D eigenvalue weighted by Crippen LogP contribution is 2.35. The van der Waals surface area contributed by atoms with E-state index in [1.165, 1.54) is 12.1 Å². The molecule has 0 aliphatic carbocycles. The van der Waals surface area contributed by atoms with Crippen molar-refractivity contribution in [2.24, 2.45) is 0 Å². The Kier molecular flexibility index (Phi) is 6.57. The van der Waals surface area contributed by atoms with Crippen LogP contribution in [-0.2, 0) is 4.57 Å². The predicted molar refractivity (Wildman–Crippen MR) is 123 cm³/mol. The average molecular weight is 458 g/mol. The van der Waals surface area contributed by atoms with Gasteiger partial charge in [0.05, 0.1) is 20.9 Å². The van der Waals surface area contributed by atoms with Crippen LogP contribution >= 0.6 is 31.0 Å². The Balaban J connectivity index is 2.12. The number of hydrogen-bond acceptors (Lipinski definition) is 3. The molecular weight excluding hydrogens is 438 g/mol. The van der Waals surface area contributed by atoms with Crippen molar-refractivity contribution in [3.8, 4) is 0 Å². The summed E-state index contributed by atoms with van der Waals surface area (Å²) < 4.78 is 13.2. The smallest absolute Gasteiger partial charge is 0.249 e. The topological polar surface area (TPSA) is 51.2 Å². The zero-order chi connectivity index (χ0) is 22.2. The Morgan fingerprint density at radius 1 is 0.767 bits per heavy atom. The quantitative estimate of drug-likeness (QED) is 0.314. The van der Waals surface area contributed by atoms with Crippen LogP contribution in [0.2, 0.25) is 10.0 Å². The molecule has 153 valence electrons. The summed E-state index contributed by atoms with van der Waals surface area (Å²) >= 11 is 12.3. The molecule has 0 heterocycles. The highest BCUT2D eigenvalue weighted by Gasteiger charge is 2.28. The van der Waals surface area contributed by atoms with Gasteiger partial charge in [-0.05, 0) is 74.2 Å². The maximum atomic E-state index is 13.5. The molecule has 0 saturated heterocycles. The Morgan fingerprint density at radius 3 is 2.00 bits per heavy atom. The Morgan fingerprint density at radius 2 is 1.37 bits per heavy atom. The molecule has 3 nitrogen and oxygen atoms in total. The van der Waals surface area contributed by atoms with Crippen molar-refractivity contribution in [3.63, 3.8) is 0 Å². The fourth-order valence-corrected chi connectivity index (χ4v) is 5.50. The second-order valence-electron chi connectivity index (χ2n) is 7.18. The minimum atomic E-state index is -2.60. The molecule has 1 atom stereocenters. The van der Waals surface area contributed by atoms with E-state index in [-0.39, 0.29) is 32.3 Å². The van der Waals surface area contributed by atoms with E-state index in [1.807, 2.05) is 33.8 Å². The van der Waals surface area contributed by atoms with Crippen molar-refractivity contribution in [2.75, 3.05) is 0 Å². The first-order valence-corrected chi connectivity index (χ1v) is 11.3. The van der Waals surface area contributed by atoms with E-state index >= 15 is 0 Å². The minimum absolute atomic E-state index is 0.00254. The number of hydrogen-bond donors (Lipinski definition) is 0. The molecule has 0 bridgehead atoms. The Bertz CT molecular complexity index is 1200. The van der Waals surface area contributed by atoms with Crippen molar-refractivity contribution in [3.05, 3.63) is 97.5 Å². The maximum Gasteiger partial charge on any atom is 0.249 e. The highest BCUT2D eigenvalue weighted by molar-refractivity contribution is 7.71. The van der Waals surface area contributed by atoms with Crippen molar-refractivity contribution >= 4 is 47.6 Å². The lowest BCUT2D eigenvalue weighted by Gasteiger charge is -2.15. The number of carbonyl (C=O) groups is 2. The summed E-state index contributed by atoms with van der Waals surface area (Å²) in [6, 6.07) is 13.1. The molecule has 0 fully saturated rings. The van der Waals surface area contributed by atoms with Gasteiger partial charge < -0.3 is 0 Å². The molecule has 3 rings (SSSR count). The van der Waals surface area contributed by atoms with E-state index in [4.69, 9.17) is 23.2 Å². The van der Waals surface area contributed by atoms with E-state index in [1.54, 1.807) is 30.3 Å². The molecule has 0 N–H and O–H groups in total. The predicted octanol–water partition coefficient (Wildman–Crippen LogP) is 6.75. The summed E-state index contributed by atoms with van der Waals surface area (Å²) in [6.07, 6.45) is 0. The SMILES string of the molecule is Cc1cc(C)c(C(=O)c2ccccc2[P](=O)C(=O)c2c(Cl)cccc2Cl)c(C)c1C. The van der Waals surface area contributed by atoms with E-state index in [0.717, 1.165) is 22.3 Å². The number of carbonyl (C=O) groups excluding carboxylic acids is 2. The summed E-state index contributed by atoms with van der Waals surface area (Å²) in [5.74, 6) is -0.259. The third-order valence-electron chi connectivity index (χ3n) is 5.31. The van der Waals surface area contributed by atoms with Gasteiger partial charge in [-0.3, -0.25) is 14.2 Å². The summed E-state index contributed by atoms with van der Waals surface area (Å²) in [5, 5.41) is 0.427. The molecule has 3 aromatic rings. The van der Waals surface area contributed by atoms with Gasteiger partial charge in [-0.1, -0.05) is 47.5 Å². The molecule has 1 radical (unpaired) electrons. The van der Waals surface area contributed by atoms with Crippen molar-refractivity contribution in [2.45, 2.75) is 27.7 Å². The lowest BCUT2D eigenvalue weighted by molar-refractivity contribution is 0.103. The van der Waals surface area contributed by atoms with Crippen LogP contribution in [0.1, 0.15) is 48.5 Å². The first-order chi connectivity index (χ1) is 14.1. The van der Waals surface area contributed by atoms with Crippen LogP contribution < -0.4 is 5.30 Å². The van der Waals surface area contributed by atoms with Gasteiger partial charge in [0.1, 0.15) is 0 Å². The van der Waals surface area contributed by atoms with Gasteiger partial charge in [-0.15, -0.1) is 0 Å². The number of rotatable bonds is 5. The van der Waals surface area contributed by atoms with E-state index in [2.05, 4.69) is 0 Å². The molecule has 0 aliphatic heterocycles. The molecule has 0 saturated carbocycles. The number of halogens is 2. The van der Waals surface area contributed by atoms with E-state index in [9.17, 15) is 14.2 Å². The van der Waals surface area contributed by atoms with Crippen LogP contribution in [0.15, 0.2) is 48.5 Å². The average Bonchev–Trinajstić information content (AvgIpc) is 2.71. The van der Waals surface area contributed by atoms with Crippen LogP contribution in [0.4, 0.5) is 0 Å². The number of aryl methyl sites for hydroxylation is 2. The van der Waals surface area contributed by atoms with Gasteiger partial charge in [0.2, 0.25) is 5.52 Å². The van der Waals surface area contributed by atoms with E-state index in [0.29, 0.717) is 5.56 Å². The van der Waals surface area contributed by atoms with Crippen molar-refractivity contribution in [1.82, 2.24) is 0 Å². The van der Waals surface area contributed by atoms with Gasteiger partial charge in [-0.2, -0.15) is 0 Å². The van der Waals surface area contributed by atoms with Gasteiger partial charge in [0.15, 0.2) is 13.6 Å². The zero-order valence-corrected chi connectivity index (χ0v) is 19.5. The molecule has 0 spiro atoms. The number of benzene rings is 3. The second-order valence-corrected chi connectivity index (χ2v) is 9.47. The maximum absolute atomic E-state index is 13.5. The molecule has 3 aromatic carbocycles. The molecule has 6 heteroatoms. The standard InChI is InChI=1S/C24H20Cl2O3P/c1-13-12-14(2)21(16(4)15(13)3)23(27)17-8-5-6-11-20(17)30(29)24(28)22-18(25)9-7-10-19(22)26/h5-12H,1-4H3. The highest BCUT2D eigenvalue weighted by atomic mass is 35.5. The molecule has 0 aliphatic rings. The summed E-state index contributed by atoms with van der Waals surface area (Å²) in [4.78, 5) is 26.4. The zero-order valence-electron chi connectivity index (χ0n) is 17.0. The molecule has 1 unspecified atom stereocenters. The largest absolute Gasteiger partial charge is 0.289 e. The van der Waals surface area contributed by atoms with Crippen molar-refractivity contribution in [1.29, 1.82) is 0 Å². The summed E-state index contributed by atoms with van der Waals surface area (Å²) in [6.45, 7) is 7.75. The van der Waals surface area contributed by atoms with Crippen molar-refractivity contribution < 1.29 is 14.2 Å². The lowest BCUT2D eigenvalue weighted by Crippen LogP contribution is -2.18. The second kappa shape index (κ2) is 8.81. The first-order valence-electron chi connectivity index (χ1n) is 9.31. The molecular formula is C24H20Cl2O3P. The fraction of sp³-hybridized carbons (Fsp3) is 0.167. The fourth-order valence-electron chi connectivity index (χ4n) is 3.52. The van der Waals surface area contributed by atoms with Gasteiger partial charge in [0.25, 0.3) is 0 Å². The first kappa shape index (κ1) is 22.4. The van der Waals surface area contributed by atoms with Gasteiger partial charge in [0, 0.05) is 11.1 Å². The monoisotopic (exact) mass is 457 g/mol. The number of ketones is 1. The van der Waals surface area contributed by atoms with Crippen LogP contribution in [0.3, 0.4) is 0 Å². The van der Waals surface area contributed by atoms with Crippen LogP contribution in [0, 0.1) is 27.7 Å². The molecule has 30 heavy (non-hydrogen) atoms. The third-order valence-corrected chi connectivity index (χ3v) is 7.36. The normalized spacial score (nSPS) is 11.3. The van der Waals surface area contributed by atoms with Crippen LogP contribution in [0.25, 0.3) is 0 Å². The lowest BCUT2D eigenvalue weighted by atomic mass is 9.89. The Hall–Kier alpha value is -2.32. The minimum Gasteiger partial charge on any atom is -0.289 e. The summed E-state index contributed by atoms with van der Waals surface area (Å²) in [5.41, 5.74) is 3.96. The third kappa shape index (κ3) is 3.98.